The molecule has 2 fully saturated rings. The second-order valence-electron chi connectivity index (χ2n) is 10.9. The fourth-order valence-corrected chi connectivity index (χ4v) is 3.75. The Morgan fingerprint density at radius 3 is 1.59 bits per heavy atom. The van der Waals surface area contributed by atoms with Gasteiger partial charge in [-0.15, -0.1) is 0 Å². The molecule has 5 nitrogen and oxygen atoms in total. The van der Waals surface area contributed by atoms with Crippen molar-refractivity contribution in [1.29, 1.82) is 0 Å². The normalized spacial score (nSPS) is 22.9. The van der Waals surface area contributed by atoms with Crippen molar-refractivity contribution >= 4 is 30.8 Å². The Hall–Kier alpha value is -1.79. The van der Waals surface area contributed by atoms with Crippen LogP contribution in [-0.4, -0.2) is 36.6 Å². The molecule has 2 aliphatic rings. The summed E-state index contributed by atoms with van der Waals surface area (Å²) in [5.74, 6) is 0. The minimum absolute atomic E-state index is 0.333. The van der Waals surface area contributed by atoms with E-state index in [1.165, 1.54) is 5.56 Å². The van der Waals surface area contributed by atoms with E-state index in [1.54, 1.807) is 0 Å². The highest BCUT2D eigenvalue weighted by atomic mass is 16.7. The van der Waals surface area contributed by atoms with Gasteiger partial charge in [0.2, 0.25) is 0 Å². The average Bonchev–Trinajstić information content (AvgIpc) is 3.06. The number of nitrogens with one attached hydrogen (secondary N) is 1. The van der Waals surface area contributed by atoms with Crippen molar-refractivity contribution < 1.29 is 18.6 Å². The molecule has 4 rings (SSSR count). The fraction of sp³-hybridized carbons (Fsp3) is 0.520. The second kappa shape index (κ2) is 7.91. The van der Waals surface area contributed by atoms with E-state index in [4.69, 9.17) is 18.6 Å². The van der Waals surface area contributed by atoms with Crippen molar-refractivity contribution in [1.82, 2.24) is 0 Å². The first-order valence-electron chi connectivity index (χ1n) is 11.4. The van der Waals surface area contributed by atoms with Crippen molar-refractivity contribution in [3.63, 3.8) is 0 Å². The van der Waals surface area contributed by atoms with Crippen LogP contribution in [0.15, 0.2) is 48.5 Å². The number of hydrogen-bond acceptors (Lipinski definition) is 5. The van der Waals surface area contributed by atoms with Crippen LogP contribution < -0.4 is 16.2 Å². The van der Waals surface area contributed by atoms with Gasteiger partial charge in [-0.3, -0.25) is 0 Å². The molecular formula is C25H35B2NO4. The Morgan fingerprint density at radius 2 is 1.09 bits per heavy atom. The molecule has 32 heavy (non-hydrogen) atoms. The highest BCUT2D eigenvalue weighted by molar-refractivity contribution is 6.62. The van der Waals surface area contributed by atoms with Gasteiger partial charge in [-0.1, -0.05) is 36.4 Å². The van der Waals surface area contributed by atoms with E-state index in [1.807, 2.05) is 12.1 Å². The first-order chi connectivity index (χ1) is 14.8. The van der Waals surface area contributed by atoms with Crippen molar-refractivity contribution in [2.24, 2.45) is 0 Å². The van der Waals surface area contributed by atoms with Gasteiger partial charge >= 0.3 is 14.2 Å². The van der Waals surface area contributed by atoms with E-state index in [0.29, 0.717) is 0 Å². The van der Waals surface area contributed by atoms with Gasteiger partial charge in [0.15, 0.2) is 0 Å². The van der Waals surface area contributed by atoms with E-state index in [-0.39, 0.29) is 36.6 Å². The van der Waals surface area contributed by atoms with Crippen LogP contribution >= 0.6 is 0 Å². The standard InChI is InChI=1S/C25H35B2NO4/c1-22(2)23(3,4)30-26(29-22)19-14-12-18(13-15-19)17-28-21-11-9-10-20(16-21)27-31-24(5,6)25(7,8)32-27/h9-16,28H,17H2,1-8H3. The van der Waals surface area contributed by atoms with Crippen LogP contribution in [-0.2, 0) is 25.2 Å². The first-order valence-corrected chi connectivity index (χ1v) is 11.4. The summed E-state index contributed by atoms with van der Waals surface area (Å²) in [7, 11) is -0.695. The quantitative estimate of drug-likeness (QED) is 0.723. The number of hydrogen-bond donors (Lipinski definition) is 1. The molecule has 0 spiro atoms. The summed E-state index contributed by atoms with van der Waals surface area (Å²) in [5, 5.41) is 3.51. The summed E-state index contributed by atoms with van der Waals surface area (Å²) in [4.78, 5) is 0. The molecule has 170 valence electrons. The maximum Gasteiger partial charge on any atom is 0.494 e. The molecule has 2 aromatic carbocycles. The van der Waals surface area contributed by atoms with Crippen LogP contribution in [0.25, 0.3) is 0 Å². The molecule has 2 aliphatic heterocycles. The predicted octanol–water partition coefficient (Wildman–Crippen LogP) is 3.90. The molecule has 0 bridgehead atoms. The Kier molecular flexibility index (Phi) is 5.78. The van der Waals surface area contributed by atoms with E-state index in [2.05, 4.69) is 97.1 Å². The maximum atomic E-state index is 6.19. The molecule has 1 N–H and O–H groups in total. The van der Waals surface area contributed by atoms with Gasteiger partial charge in [-0.2, -0.15) is 0 Å². The van der Waals surface area contributed by atoms with Gasteiger partial charge in [0.05, 0.1) is 22.4 Å². The monoisotopic (exact) mass is 435 g/mol. The van der Waals surface area contributed by atoms with Gasteiger partial charge < -0.3 is 23.9 Å². The van der Waals surface area contributed by atoms with Crippen molar-refractivity contribution in [3.8, 4) is 0 Å². The molecule has 0 saturated carbocycles. The molecule has 0 amide bonds. The molecule has 2 saturated heterocycles. The lowest BCUT2D eigenvalue weighted by molar-refractivity contribution is 0.00578. The molecule has 7 heteroatoms. The average molecular weight is 435 g/mol. The van der Waals surface area contributed by atoms with E-state index < -0.39 is 0 Å². The topological polar surface area (TPSA) is 49.0 Å². The Labute approximate surface area is 193 Å². The maximum absolute atomic E-state index is 6.19. The molecule has 2 aromatic rings. The van der Waals surface area contributed by atoms with Crippen molar-refractivity contribution in [2.75, 3.05) is 5.32 Å². The summed E-state index contributed by atoms with van der Waals surface area (Å²) in [6, 6.07) is 16.6. The van der Waals surface area contributed by atoms with Gasteiger partial charge in [-0.25, -0.2) is 0 Å². The van der Waals surface area contributed by atoms with Crippen molar-refractivity contribution in [2.45, 2.75) is 84.3 Å². The third-order valence-corrected chi connectivity index (χ3v) is 7.41. The lowest BCUT2D eigenvalue weighted by Crippen LogP contribution is -2.41. The van der Waals surface area contributed by atoms with Crippen LogP contribution in [0.4, 0.5) is 5.69 Å². The lowest BCUT2D eigenvalue weighted by Gasteiger charge is -2.32. The number of rotatable bonds is 5. The van der Waals surface area contributed by atoms with Gasteiger partial charge in [-0.05, 0) is 84.0 Å². The Bertz CT molecular complexity index is 940. The highest BCUT2D eigenvalue weighted by Crippen LogP contribution is 2.37. The zero-order valence-electron chi connectivity index (χ0n) is 20.6. The molecule has 0 unspecified atom stereocenters. The largest absolute Gasteiger partial charge is 0.494 e. The number of benzene rings is 2. The van der Waals surface area contributed by atoms with E-state index in [9.17, 15) is 0 Å². The molecular weight excluding hydrogens is 400 g/mol. The van der Waals surface area contributed by atoms with E-state index in [0.717, 1.165) is 23.2 Å². The Morgan fingerprint density at radius 1 is 0.625 bits per heavy atom. The summed E-state index contributed by atoms with van der Waals surface area (Å²) in [6.45, 7) is 17.3. The SMILES string of the molecule is CC1(C)OB(c2ccc(CNc3cccc(B4OC(C)(C)C(C)(C)O4)c3)cc2)OC1(C)C. The molecule has 0 atom stereocenters. The fourth-order valence-electron chi connectivity index (χ4n) is 3.75. The Balaban J connectivity index is 1.38. The summed E-state index contributed by atoms with van der Waals surface area (Å²) < 4.78 is 24.7. The van der Waals surface area contributed by atoms with Crippen LogP contribution in [0.1, 0.15) is 61.0 Å². The van der Waals surface area contributed by atoms with Gasteiger partial charge in [0.1, 0.15) is 0 Å². The van der Waals surface area contributed by atoms with Gasteiger partial charge in [0, 0.05) is 12.2 Å². The van der Waals surface area contributed by atoms with Crippen molar-refractivity contribution in [3.05, 3.63) is 54.1 Å². The lowest BCUT2D eigenvalue weighted by atomic mass is 9.79. The zero-order chi connectivity index (χ0) is 23.4. The third kappa shape index (κ3) is 4.36. The molecule has 0 radical (unpaired) electrons. The minimum Gasteiger partial charge on any atom is -0.399 e. The molecule has 2 heterocycles. The molecule has 0 aromatic heterocycles. The predicted molar refractivity (Wildman–Crippen MR) is 132 cm³/mol. The summed E-state index contributed by atoms with van der Waals surface area (Å²) in [6.07, 6.45) is 0. The molecule has 0 aliphatic carbocycles. The highest BCUT2D eigenvalue weighted by Gasteiger charge is 2.52. The first kappa shape index (κ1) is 23.4. The van der Waals surface area contributed by atoms with Crippen LogP contribution in [0.5, 0.6) is 0 Å². The van der Waals surface area contributed by atoms with Crippen LogP contribution in [0.2, 0.25) is 0 Å². The van der Waals surface area contributed by atoms with Crippen LogP contribution in [0, 0.1) is 0 Å². The summed E-state index contributed by atoms with van der Waals surface area (Å²) >= 11 is 0. The second-order valence-corrected chi connectivity index (χ2v) is 10.9. The summed E-state index contributed by atoms with van der Waals surface area (Å²) in [5.41, 5.74) is 2.92. The van der Waals surface area contributed by atoms with E-state index >= 15 is 0 Å². The van der Waals surface area contributed by atoms with Crippen LogP contribution in [0.3, 0.4) is 0 Å². The third-order valence-electron chi connectivity index (χ3n) is 7.41. The number of anilines is 1. The zero-order valence-corrected chi connectivity index (χ0v) is 20.6. The van der Waals surface area contributed by atoms with Gasteiger partial charge in [0.25, 0.3) is 0 Å². The minimum atomic E-state index is -0.360. The smallest absolute Gasteiger partial charge is 0.399 e.